The van der Waals surface area contributed by atoms with Crippen molar-refractivity contribution < 1.29 is 14.2 Å². The lowest BCUT2D eigenvalue weighted by Crippen LogP contribution is -2.19. The standard InChI is InChI=1S/C25H29Cl2N6O3/c1-33-6-4-14(12-33)10-28-24-23-15(11-29-25(32-23)30-16-5-7-36-13-16)8-17(31-24)20-21(26)18(34-2)9-19(35-3)22(20)27/h8-9,11,14,16H,4-7,10,12-13H2,1-3H3,(H-,28,29,30,31,32)/q-1. The van der Waals surface area contributed by atoms with Crippen LogP contribution in [0.4, 0.5) is 11.8 Å². The Morgan fingerprint density at radius 2 is 1.92 bits per heavy atom. The number of nitrogens with one attached hydrogen (secondary N) is 1. The van der Waals surface area contributed by atoms with Crippen LogP contribution in [0.5, 0.6) is 11.5 Å². The number of hydrogen-bond donors (Lipinski definition) is 1. The van der Waals surface area contributed by atoms with Crippen LogP contribution >= 0.6 is 23.2 Å². The van der Waals surface area contributed by atoms with Gasteiger partial charge in [0.15, 0.2) is 0 Å². The van der Waals surface area contributed by atoms with Crippen LogP contribution in [0.25, 0.3) is 27.5 Å². The molecule has 5 rings (SSSR count). The van der Waals surface area contributed by atoms with Crippen molar-refractivity contribution in [3.8, 4) is 22.8 Å². The molecule has 2 atom stereocenters. The van der Waals surface area contributed by atoms with E-state index in [2.05, 4.69) is 27.6 Å². The first kappa shape index (κ1) is 25.1. The van der Waals surface area contributed by atoms with E-state index in [1.807, 2.05) is 6.07 Å². The van der Waals surface area contributed by atoms with Crippen LogP contribution in [-0.4, -0.2) is 80.0 Å². The summed E-state index contributed by atoms with van der Waals surface area (Å²) in [7, 11) is 5.24. The van der Waals surface area contributed by atoms with E-state index in [1.54, 1.807) is 26.5 Å². The quantitative estimate of drug-likeness (QED) is 0.425. The smallest absolute Gasteiger partial charge is 0.141 e. The predicted molar refractivity (Wildman–Crippen MR) is 142 cm³/mol. The van der Waals surface area contributed by atoms with Crippen molar-refractivity contribution in [2.24, 2.45) is 5.92 Å². The predicted octanol–water partition coefficient (Wildman–Crippen LogP) is 5.17. The molecule has 0 radical (unpaired) electrons. The number of ether oxygens (including phenoxy) is 3. The molecule has 0 bridgehead atoms. The number of pyridine rings is 1. The third-order valence-electron chi connectivity index (χ3n) is 6.63. The van der Waals surface area contributed by atoms with Gasteiger partial charge >= 0.3 is 0 Å². The van der Waals surface area contributed by atoms with Gasteiger partial charge in [-0.15, -0.1) is 0 Å². The van der Waals surface area contributed by atoms with E-state index in [0.717, 1.165) is 37.9 Å². The molecule has 0 spiro atoms. The molecule has 0 aliphatic carbocycles. The Morgan fingerprint density at radius 3 is 2.56 bits per heavy atom. The van der Waals surface area contributed by atoms with E-state index in [-0.39, 0.29) is 6.04 Å². The first-order chi connectivity index (χ1) is 17.5. The highest BCUT2D eigenvalue weighted by Crippen LogP contribution is 2.46. The number of aromatic nitrogens is 3. The van der Waals surface area contributed by atoms with Crippen LogP contribution in [0.1, 0.15) is 12.8 Å². The molecule has 3 aromatic rings. The second kappa shape index (κ2) is 10.8. The van der Waals surface area contributed by atoms with Crippen molar-refractivity contribution in [3.63, 3.8) is 0 Å². The molecule has 2 fully saturated rings. The summed E-state index contributed by atoms with van der Waals surface area (Å²) in [4.78, 5) is 16.5. The van der Waals surface area contributed by atoms with Crippen molar-refractivity contribution in [2.45, 2.75) is 18.9 Å². The zero-order valence-electron chi connectivity index (χ0n) is 20.6. The minimum Gasteiger partial charge on any atom is -0.495 e. The fourth-order valence-electron chi connectivity index (χ4n) is 4.68. The number of anilines is 1. The van der Waals surface area contributed by atoms with E-state index in [4.69, 9.17) is 47.4 Å². The third-order valence-corrected chi connectivity index (χ3v) is 7.38. The molecule has 1 N–H and O–H groups in total. The van der Waals surface area contributed by atoms with Crippen molar-refractivity contribution in [1.29, 1.82) is 0 Å². The Balaban J connectivity index is 1.58. The second-order valence-corrected chi connectivity index (χ2v) is 9.95. The molecule has 2 aliphatic rings. The van der Waals surface area contributed by atoms with Crippen LogP contribution in [0, 0.1) is 5.92 Å². The lowest BCUT2D eigenvalue weighted by atomic mass is 10.1. The minimum absolute atomic E-state index is 0.0713. The van der Waals surface area contributed by atoms with Crippen molar-refractivity contribution >= 4 is 45.9 Å². The zero-order chi connectivity index (χ0) is 25.2. The van der Waals surface area contributed by atoms with Gasteiger partial charge in [-0.2, -0.15) is 0 Å². The highest BCUT2D eigenvalue weighted by Gasteiger charge is 2.23. The van der Waals surface area contributed by atoms with Crippen LogP contribution < -0.4 is 14.8 Å². The Hall–Kier alpha value is -2.59. The number of fused-ring (bicyclic) bond motifs is 1. The first-order valence-electron chi connectivity index (χ1n) is 12.0. The molecular formula is C25H29Cl2N6O3-. The molecule has 2 aromatic heterocycles. The van der Waals surface area contributed by atoms with Crippen molar-refractivity contribution in [1.82, 2.24) is 19.9 Å². The van der Waals surface area contributed by atoms with Gasteiger partial charge in [0.25, 0.3) is 0 Å². The van der Waals surface area contributed by atoms with Crippen LogP contribution in [-0.2, 0) is 4.74 Å². The number of rotatable bonds is 8. The number of hydrogen-bond acceptors (Lipinski definition) is 8. The normalized spacial score (nSPS) is 20.1. The third kappa shape index (κ3) is 5.11. The van der Waals surface area contributed by atoms with Crippen molar-refractivity contribution in [3.05, 3.63) is 33.7 Å². The topological polar surface area (TPSA) is 95.7 Å². The van der Waals surface area contributed by atoms with Crippen LogP contribution in [0.3, 0.4) is 0 Å². The largest absolute Gasteiger partial charge is 0.495 e. The number of benzene rings is 1. The monoisotopic (exact) mass is 531 g/mol. The number of likely N-dealkylation sites (tertiary alicyclic amines) is 1. The molecule has 11 heteroatoms. The molecular weight excluding hydrogens is 503 g/mol. The van der Waals surface area contributed by atoms with E-state index >= 15 is 0 Å². The number of methoxy groups -OCH3 is 2. The fraction of sp³-hybridized carbons (Fsp3) is 0.480. The van der Waals surface area contributed by atoms with Gasteiger partial charge in [0, 0.05) is 48.8 Å². The highest BCUT2D eigenvalue weighted by atomic mass is 35.5. The molecule has 2 saturated heterocycles. The van der Waals surface area contributed by atoms with E-state index in [9.17, 15) is 0 Å². The Bertz CT molecular complexity index is 1230. The molecule has 4 heterocycles. The molecule has 2 aliphatic heterocycles. The zero-order valence-corrected chi connectivity index (χ0v) is 22.1. The van der Waals surface area contributed by atoms with Gasteiger partial charge in [0.2, 0.25) is 0 Å². The summed E-state index contributed by atoms with van der Waals surface area (Å²) in [6.07, 6.45) is 3.76. The Labute approximate surface area is 220 Å². The maximum absolute atomic E-state index is 6.71. The van der Waals surface area contributed by atoms with Gasteiger partial charge in [0.05, 0.1) is 36.6 Å². The maximum Gasteiger partial charge on any atom is 0.141 e. The van der Waals surface area contributed by atoms with Crippen LogP contribution in [0.2, 0.25) is 10.0 Å². The lowest BCUT2D eigenvalue weighted by molar-refractivity contribution is 0.196. The second-order valence-electron chi connectivity index (χ2n) is 9.19. The van der Waals surface area contributed by atoms with Gasteiger partial charge in [0.1, 0.15) is 17.3 Å². The van der Waals surface area contributed by atoms with Crippen LogP contribution in [0.15, 0.2) is 18.3 Å². The SMILES string of the molecule is COc1cc(OC)c(Cl)c(-c2cc3cnc([N-]C4CCOC4)nc3c(NCC3CCN(C)C3)n2)c1Cl. The average molecular weight is 532 g/mol. The Kier molecular flexibility index (Phi) is 7.52. The molecule has 9 nitrogen and oxygen atoms in total. The van der Waals surface area contributed by atoms with Gasteiger partial charge in [-0.25, -0.2) is 4.98 Å². The van der Waals surface area contributed by atoms with Crippen molar-refractivity contribution in [2.75, 3.05) is 59.4 Å². The molecule has 0 saturated carbocycles. The molecule has 192 valence electrons. The molecule has 2 unspecified atom stereocenters. The Morgan fingerprint density at radius 1 is 1.14 bits per heavy atom. The molecule has 36 heavy (non-hydrogen) atoms. The summed E-state index contributed by atoms with van der Waals surface area (Å²) in [6.45, 7) is 4.19. The van der Waals surface area contributed by atoms with Gasteiger partial charge in [-0.3, -0.25) is 0 Å². The maximum atomic E-state index is 6.71. The van der Waals surface area contributed by atoms with Gasteiger partial charge in [-0.05, 0) is 50.0 Å². The van der Waals surface area contributed by atoms with E-state index in [1.165, 1.54) is 0 Å². The summed E-state index contributed by atoms with van der Waals surface area (Å²) in [5.41, 5.74) is 1.79. The summed E-state index contributed by atoms with van der Waals surface area (Å²) in [6, 6.07) is 3.61. The fourth-order valence-corrected chi connectivity index (χ4v) is 5.37. The van der Waals surface area contributed by atoms with E-state index in [0.29, 0.717) is 69.2 Å². The van der Waals surface area contributed by atoms with Gasteiger partial charge in [-0.1, -0.05) is 23.2 Å². The first-order valence-corrected chi connectivity index (χ1v) is 12.7. The summed E-state index contributed by atoms with van der Waals surface area (Å²) in [5, 5.41) is 9.70. The highest BCUT2D eigenvalue weighted by molar-refractivity contribution is 6.41. The molecule has 0 amide bonds. The van der Waals surface area contributed by atoms with E-state index < -0.39 is 0 Å². The number of nitrogens with zero attached hydrogens (tertiary/aromatic N) is 5. The average Bonchev–Trinajstić information content (AvgIpc) is 3.54. The molecule has 1 aromatic carbocycles. The minimum atomic E-state index is 0.0713. The summed E-state index contributed by atoms with van der Waals surface area (Å²) < 4.78 is 16.4. The number of halogens is 2. The summed E-state index contributed by atoms with van der Waals surface area (Å²) in [5.74, 6) is 2.47. The lowest BCUT2D eigenvalue weighted by Gasteiger charge is -2.21. The van der Waals surface area contributed by atoms with Gasteiger partial charge < -0.3 is 39.7 Å². The summed E-state index contributed by atoms with van der Waals surface area (Å²) >= 11 is 13.4.